The maximum atomic E-state index is 13.5. The zero-order chi connectivity index (χ0) is 29.0. The molecule has 0 radical (unpaired) electrons. The Morgan fingerprint density at radius 3 is 2.27 bits per heavy atom. The summed E-state index contributed by atoms with van der Waals surface area (Å²) in [6, 6.07) is 15.1. The lowest BCUT2D eigenvalue weighted by Crippen LogP contribution is -2.35. The van der Waals surface area contributed by atoms with Gasteiger partial charge in [-0.25, -0.2) is 13.2 Å². The Balaban J connectivity index is 1.81. The number of esters is 1. The van der Waals surface area contributed by atoms with E-state index in [9.17, 15) is 23.3 Å². The monoisotopic (exact) mass is 561 g/mol. The number of nitrogens with two attached hydrogens (primary N) is 1. The van der Waals surface area contributed by atoms with Crippen molar-refractivity contribution in [2.75, 3.05) is 25.4 Å². The van der Waals surface area contributed by atoms with E-state index in [4.69, 9.17) is 10.5 Å². The molecule has 2 aromatic carbocycles. The van der Waals surface area contributed by atoms with E-state index >= 15 is 0 Å². The predicted octanol–water partition coefficient (Wildman–Crippen LogP) is 3.90. The Kier molecular flexibility index (Phi) is 8.52. The van der Waals surface area contributed by atoms with Crippen molar-refractivity contribution in [2.45, 2.75) is 44.9 Å². The molecule has 1 aliphatic heterocycles. The van der Waals surface area contributed by atoms with E-state index in [1.165, 1.54) is 16.4 Å². The van der Waals surface area contributed by atoms with Gasteiger partial charge in [0.1, 0.15) is 23.0 Å². The van der Waals surface area contributed by atoms with Gasteiger partial charge in [0.05, 0.1) is 17.2 Å². The standard InChI is InChI=1S/C29H31N5O5S/c1-4-39-29(36)26-25(22-10-8-19(2)9-11-22)24(18-30)28(35)34(27(26)31)32-20(3)21-12-14-23(15-13-21)40(37,38)33-16-6-5-7-17-33/h8-15H,4-7,16-17,31H2,1-3H3/b32-20+. The molecule has 1 aromatic heterocycles. The van der Waals surface area contributed by atoms with Crippen LogP contribution in [0.15, 0.2) is 63.3 Å². The molecule has 10 nitrogen and oxygen atoms in total. The van der Waals surface area contributed by atoms with Crippen LogP contribution in [0.2, 0.25) is 0 Å². The molecule has 0 bridgehead atoms. The predicted molar refractivity (Wildman–Crippen MR) is 153 cm³/mol. The number of nitriles is 1. The third-order valence-corrected chi connectivity index (χ3v) is 8.71. The van der Waals surface area contributed by atoms with Crippen molar-refractivity contribution in [1.82, 2.24) is 8.98 Å². The highest BCUT2D eigenvalue weighted by Gasteiger charge is 2.28. The molecule has 3 aromatic rings. The molecular weight excluding hydrogens is 530 g/mol. The number of nitrogens with zero attached hydrogens (tertiary/aromatic N) is 4. The SMILES string of the molecule is CCOC(=O)c1c(-c2ccc(C)cc2)c(C#N)c(=O)n(/N=C(\C)c2ccc(S(=O)(=O)N3CCCCC3)cc2)c1N. The number of ether oxygens (including phenoxy) is 1. The molecule has 1 fully saturated rings. The highest BCUT2D eigenvalue weighted by molar-refractivity contribution is 7.89. The molecular formula is C29H31N5O5S. The number of nitrogen functional groups attached to an aromatic ring is 1. The minimum absolute atomic E-state index is 0.0571. The van der Waals surface area contributed by atoms with Crippen LogP contribution in [0.4, 0.5) is 5.82 Å². The van der Waals surface area contributed by atoms with E-state index in [-0.39, 0.29) is 34.0 Å². The zero-order valence-electron chi connectivity index (χ0n) is 22.7. The first-order valence-electron chi connectivity index (χ1n) is 13.0. The molecule has 0 saturated carbocycles. The van der Waals surface area contributed by atoms with Crippen LogP contribution in [-0.2, 0) is 14.8 Å². The number of pyridine rings is 1. The Bertz CT molecular complexity index is 1660. The molecule has 0 unspecified atom stereocenters. The van der Waals surface area contributed by atoms with Gasteiger partial charge in [0, 0.05) is 18.7 Å². The molecule has 0 atom stereocenters. The highest BCUT2D eigenvalue weighted by Crippen LogP contribution is 2.31. The summed E-state index contributed by atoms with van der Waals surface area (Å²) in [7, 11) is -3.61. The Labute approximate surface area is 233 Å². The van der Waals surface area contributed by atoms with Crippen molar-refractivity contribution < 1.29 is 17.9 Å². The molecule has 11 heteroatoms. The number of carbonyl (C=O) groups excluding carboxylic acids is 1. The fourth-order valence-corrected chi connectivity index (χ4v) is 6.15. The Hall–Kier alpha value is -4.27. The first-order chi connectivity index (χ1) is 19.1. The van der Waals surface area contributed by atoms with Crippen LogP contribution in [0.1, 0.15) is 60.2 Å². The summed E-state index contributed by atoms with van der Waals surface area (Å²) in [5.41, 5.74) is 7.47. The first kappa shape index (κ1) is 28.7. The maximum Gasteiger partial charge on any atom is 0.342 e. The van der Waals surface area contributed by atoms with Gasteiger partial charge in [-0.1, -0.05) is 48.4 Å². The summed E-state index contributed by atoms with van der Waals surface area (Å²) in [4.78, 5) is 26.7. The molecule has 0 amide bonds. The average molecular weight is 562 g/mol. The van der Waals surface area contributed by atoms with Crippen molar-refractivity contribution in [2.24, 2.45) is 5.10 Å². The van der Waals surface area contributed by atoms with Gasteiger partial charge in [-0.2, -0.15) is 19.3 Å². The summed E-state index contributed by atoms with van der Waals surface area (Å²) in [6.45, 7) is 6.19. The number of anilines is 1. The van der Waals surface area contributed by atoms with Gasteiger partial charge in [0.2, 0.25) is 10.0 Å². The van der Waals surface area contributed by atoms with Crippen LogP contribution in [0.25, 0.3) is 11.1 Å². The van der Waals surface area contributed by atoms with E-state index < -0.39 is 21.6 Å². The zero-order valence-corrected chi connectivity index (χ0v) is 23.5. The van der Waals surface area contributed by atoms with Crippen molar-refractivity contribution in [3.05, 3.63) is 81.1 Å². The highest BCUT2D eigenvalue weighted by atomic mass is 32.2. The minimum Gasteiger partial charge on any atom is -0.462 e. The van der Waals surface area contributed by atoms with E-state index in [0.29, 0.717) is 29.9 Å². The number of hydrogen-bond acceptors (Lipinski definition) is 8. The fourth-order valence-electron chi connectivity index (χ4n) is 4.63. The molecule has 0 spiro atoms. The largest absolute Gasteiger partial charge is 0.462 e. The molecule has 0 aliphatic carbocycles. The second-order valence-electron chi connectivity index (χ2n) is 9.50. The molecule has 4 rings (SSSR count). The quantitative estimate of drug-likeness (QED) is 0.340. The van der Waals surface area contributed by atoms with Crippen molar-refractivity contribution in [3.63, 3.8) is 0 Å². The van der Waals surface area contributed by atoms with E-state index in [0.717, 1.165) is 29.5 Å². The van der Waals surface area contributed by atoms with E-state index in [1.54, 1.807) is 50.2 Å². The molecule has 1 aliphatic rings. The topological polar surface area (TPSA) is 148 Å². The summed E-state index contributed by atoms with van der Waals surface area (Å²) in [6.07, 6.45) is 2.68. The molecule has 2 heterocycles. The molecule has 40 heavy (non-hydrogen) atoms. The lowest BCUT2D eigenvalue weighted by Gasteiger charge is -2.25. The number of aryl methyl sites for hydroxylation is 1. The second-order valence-corrected chi connectivity index (χ2v) is 11.4. The number of carbonyl (C=O) groups is 1. The number of benzene rings is 2. The van der Waals surface area contributed by atoms with Crippen LogP contribution >= 0.6 is 0 Å². The summed E-state index contributed by atoms with van der Waals surface area (Å²) < 4.78 is 33.5. The van der Waals surface area contributed by atoms with Crippen molar-refractivity contribution in [3.8, 4) is 17.2 Å². The van der Waals surface area contributed by atoms with Crippen LogP contribution in [0.5, 0.6) is 0 Å². The lowest BCUT2D eigenvalue weighted by atomic mass is 9.95. The Morgan fingerprint density at radius 1 is 1.07 bits per heavy atom. The van der Waals surface area contributed by atoms with E-state index in [1.807, 2.05) is 13.0 Å². The fraction of sp³-hybridized carbons (Fsp3) is 0.310. The number of rotatable bonds is 7. The van der Waals surface area contributed by atoms with Gasteiger partial charge < -0.3 is 10.5 Å². The van der Waals surface area contributed by atoms with Gasteiger partial charge in [0.15, 0.2) is 0 Å². The number of sulfonamides is 1. The maximum absolute atomic E-state index is 13.5. The van der Waals surface area contributed by atoms with Crippen LogP contribution in [-0.4, -0.2) is 48.8 Å². The lowest BCUT2D eigenvalue weighted by molar-refractivity contribution is 0.0527. The summed E-state index contributed by atoms with van der Waals surface area (Å²) >= 11 is 0. The summed E-state index contributed by atoms with van der Waals surface area (Å²) in [5, 5.41) is 14.3. The van der Waals surface area contributed by atoms with Gasteiger partial charge in [-0.15, -0.1) is 0 Å². The van der Waals surface area contributed by atoms with Gasteiger partial charge in [-0.3, -0.25) is 4.79 Å². The smallest absolute Gasteiger partial charge is 0.342 e. The second kappa shape index (κ2) is 11.9. The third-order valence-electron chi connectivity index (χ3n) is 6.80. The number of piperidine rings is 1. The van der Waals surface area contributed by atoms with Crippen LogP contribution in [0, 0.1) is 18.3 Å². The normalized spacial score (nSPS) is 14.5. The van der Waals surface area contributed by atoms with Gasteiger partial charge in [-0.05, 0) is 56.9 Å². The molecule has 2 N–H and O–H groups in total. The van der Waals surface area contributed by atoms with Crippen LogP contribution in [0.3, 0.4) is 0 Å². The first-order valence-corrected chi connectivity index (χ1v) is 14.4. The van der Waals surface area contributed by atoms with E-state index in [2.05, 4.69) is 5.10 Å². The number of hydrogen-bond donors (Lipinski definition) is 1. The average Bonchev–Trinajstić information content (AvgIpc) is 2.96. The van der Waals surface area contributed by atoms with Crippen LogP contribution < -0.4 is 11.3 Å². The van der Waals surface area contributed by atoms with Gasteiger partial charge in [0.25, 0.3) is 5.56 Å². The number of aromatic nitrogens is 1. The summed E-state index contributed by atoms with van der Waals surface area (Å²) in [5.74, 6) is -1.07. The minimum atomic E-state index is -3.61. The molecule has 208 valence electrons. The third kappa shape index (κ3) is 5.54. The molecule has 1 saturated heterocycles. The van der Waals surface area contributed by atoms with Crippen molar-refractivity contribution >= 4 is 27.5 Å². The Morgan fingerprint density at radius 2 is 1.70 bits per heavy atom. The van der Waals surface area contributed by atoms with Gasteiger partial charge >= 0.3 is 5.97 Å². The van der Waals surface area contributed by atoms with Crippen molar-refractivity contribution in [1.29, 1.82) is 5.26 Å².